The van der Waals surface area contributed by atoms with Crippen molar-refractivity contribution in [2.24, 2.45) is 0 Å². The lowest BCUT2D eigenvalue weighted by molar-refractivity contribution is 0.673. The van der Waals surface area contributed by atoms with Gasteiger partial charge in [-0.2, -0.15) is 0 Å². The Kier molecular flexibility index (Phi) is 6.12. The lowest BCUT2D eigenvalue weighted by Gasteiger charge is -2.12. The van der Waals surface area contributed by atoms with Gasteiger partial charge in [0, 0.05) is 53.1 Å². The Morgan fingerprint density at radius 3 is 1.84 bits per heavy atom. The molecule has 51 heavy (non-hydrogen) atoms. The number of para-hydroxylation sites is 2. The summed E-state index contributed by atoms with van der Waals surface area (Å²) in [6, 6.07) is 60.3. The summed E-state index contributed by atoms with van der Waals surface area (Å²) in [5, 5.41) is 7.24. The van der Waals surface area contributed by atoms with Gasteiger partial charge >= 0.3 is 0 Å². The molecule has 0 radical (unpaired) electrons. The first kappa shape index (κ1) is 28.4. The normalized spacial score (nSPS) is 11.9. The zero-order valence-electron chi connectivity index (χ0n) is 27.4. The van der Waals surface area contributed by atoms with E-state index in [-0.39, 0.29) is 0 Å². The number of rotatable bonds is 4. The molecular weight excluding hydrogens is 641 g/mol. The second-order valence-corrected chi connectivity index (χ2v) is 14.1. The van der Waals surface area contributed by atoms with Crippen molar-refractivity contribution in [2.45, 2.75) is 0 Å². The Bertz CT molecular complexity index is 3030. The highest BCUT2D eigenvalue weighted by Crippen LogP contribution is 2.50. The smallest absolute Gasteiger partial charge is 0.146 e. The Morgan fingerprint density at radius 2 is 1.08 bits per heavy atom. The third kappa shape index (κ3) is 4.27. The van der Waals surface area contributed by atoms with Gasteiger partial charge in [0.2, 0.25) is 0 Å². The van der Waals surface area contributed by atoms with Crippen LogP contribution in [0.5, 0.6) is 0 Å². The van der Waals surface area contributed by atoms with E-state index in [4.69, 9.17) is 9.40 Å². The van der Waals surface area contributed by atoms with Gasteiger partial charge in [-0.15, -0.1) is 11.3 Å². The molecule has 0 fully saturated rings. The summed E-state index contributed by atoms with van der Waals surface area (Å²) >= 11 is 1.86. The van der Waals surface area contributed by atoms with Gasteiger partial charge < -0.3 is 8.98 Å². The molecule has 0 aliphatic carbocycles. The molecule has 0 bridgehead atoms. The first-order valence-electron chi connectivity index (χ1n) is 17.2. The number of pyridine rings is 1. The van der Waals surface area contributed by atoms with Crippen LogP contribution in [0.4, 0.5) is 0 Å². The number of hydrogen-bond acceptors (Lipinski definition) is 3. The van der Waals surface area contributed by atoms with Gasteiger partial charge in [-0.05, 0) is 53.6 Å². The molecule has 0 saturated heterocycles. The van der Waals surface area contributed by atoms with Gasteiger partial charge in [-0.1, -0.05) is 127 Å². The second-order valence-electron chi connectivity index (χ2n) is 13.1. The van der Waals surface area contributed by atoms with Crippen LogP contribution in [0.25, 0.3) is 103 Å². The number of thiophene rings is 1. The minimum atomic E-state index is 0.917. The Labute approximate surface area is 297 Å². The van der Waals surface area contributed by atoms with Gasteiger partial charge in [0.15, 0.2) is 0 Å². The van der Waals surface area contributed by atoms with Gasteiger partial charge in [-0.3, -0.25) is 0 Å². The molecule has 4 aromatic heterocycles. The van der Waals surface area contributed by atoms with E-state index in [0.717, 1.165) is 61.2 Å². The van der Waals surface area contributed by atoms with Crippen molar-refractivity contribution in [3.8, 4) is 39.3 Å². The molecule has 0 N–H and O–H groups in total. The van der Waals surface area contributed by atoms with E-state index < -0.39 is 0 Å². The summed E-state index contributed by atoms with van der Waals surface area (Å²) in [7, 11) is 0. The predicted octanol–water partition coefficient (Wildman–Crippen LogP) is 13.4. The molecule has 0 unspecified atom stereocenters. The maximum atomic E-state index is 6.78. The molecule has 0 aliphatic rings. The fraction of sp³-hybridized carbons (Fsp3) is 0. The van der Waals surface area contributed by atoms with Crippen molar-refractivity contribution in [3.05, 3.63) is 170 Å². The average molecular weight is 669 g/mol. The van der Waals surface area contributed by atoms with E-state index in [1.807, 2.05) is 17.4 Å². The van der Waals surface area contributed by atoms with Crippen molar-refractivity contribution in [1.82, 2.24) is 9.55 Å². The lowest BCUT2D eigenvalue weighted by atomic mass is 10.00. The van der Waals surface area contributed by atoms with Gasteiger partial charge in [0.05, 0.1) is 27.8 Å². The topological polar surface area (TPSA) is 31.0 Å². The Hall–Kier alpha value is -6.49. The fourth-order valence-corrected chi connectivity index (χ4v) is 9.15. The number of furan rings is 1. The maximum Gasteiger partial charge on any atom is 0.146 e. The first-order valence-corrected chi connectivity index (χ1v) is 18.0. The number of benzene rings is 7. The van der Waals surface area contributed by atoms with Crippen LogP contribution in [-0.4, -0.2) is 9.55 Å². The van der Waals surface area contributed by atoms with Crippen molar-refractivity contribution in [2.75, 3.05) is 0 Å². The van der Waals surface area contributed by atoms with Crippen LogP contribution < -0.4 is 0 Å². The van der Waals surface area contributed by atoms with Crippen LogP contribution in [0.3, 0.4) is 0 Å². The molecule has 7 aromatic carbocycles. The standard InChI is InChI=1S/C47H28N2OS/c1-3-13-29(14-4-1)32-27-37(30-15-5-2-6-16-30)48-38(28-32)31-23-25-33(26-24-31)49-39-20-10-7-17-34(39)42-45(49)43-36-19-9-12-22-41(36)51-47(43)44-35-18-8-11-21-40(35)50-46(42)44/h1-28H. The summed E-state index contributed by atoms with van der Waals surface area (Å²) in [6.45, 7) is 0. The summed E-state index contributed by atoms with van der Waals surface area (Å²) in [6.07, 6.45) is 0. The number of nitrogens with zero attached hydrogens (tertiary/aromatic N) is 2. The summed E-state index contributed by atoms with van der Waals surface area (Å²) in [4.78, 5) is 5.20. The Balaban J connectivity index is 1.18. The maximum absolute atomic E-state index is 6.78. The second kappa shape index (κ2) is 11.0. The lowest BCUT2D eigenvalue weighted by Crippen LogP contribution is -1.95. The van der Waals surface area contributed by atoms with Crippen LogP contribution in [0, 0.1) is 0 Å². The first-order chi connectivity index (χ1) is 25.3. The highest BCUT2D eigenvalue weighted by atomic mass is 32.1. The van der Waals surface area contributed by atoms with Gasteiger partial charge in [0.1, 0.15) is 11.2 Å². The SMILES string of the molecule is c1ccc(-c2cc(-c3ccccc3)nc(-c3ccc(-n4c5ccccc5c5c6oc7ccccc7c6c6sc7ccccc7c6c54)cc3)c2)cc1. The quantitative estimate of drug-likeness (QED) is 0.187. The fourth-order valence-electron chi connectivity index (χ4n) is 7.89. The van der Waals surface area contributed by atoms with E-state index in [0.29, 0.717) is 0 Å². The van der Waals surface area contributed by atoms with E-state index in [1.165, 1.54) is 42.0 Å². The molecule has 0 atom stereocenters. The molecule has 0 saturated carbocycles. The van der Waals surface area contributed by atoms with Crippen LogP contribution in [0.1, 0.15) is 0 Å². The molecule has 3 nitrogen and oxygen atoms in total. The molecular formula is C47H28N2OS. The molecule has 238 valence electrons. The summed E-state index contributed by atoms with van der Waals surface area (Å²) < 4.78 is 11.8. The molecule has 11 aromatic rings. The molecule has 0 amide bonds. The van der Waals surface area contributed by atoms with E-state index >= 15 is 0 Å². The van der Waals surface area contributed by atoms with Crippen molar-refractivity contribution < 1.29 is 4.42 Å². The minimum absolute atomic E-state index is 0.917. The number of hydrogen-bond donors (Lipinski definition) is 0. The van der Waals surface area contributed by atoms with E-state index in [9.17, 15) is 0 Å². The third-order valence-electron chi connectivity index (χ3n) is 10.2. The number of fused-ring (bicyclic) bond motifs is 12. The Morgan fingerprint density at radius 1 is 0.471 bits per heavy atom. The average Bonchev–Trinajstić information content (AvgIpc) is 3.88. The van der Waals surface area contributed by atoms with Crippen molar-refractivity contribution >= 4 is 75.3 Å². The molecule has 4 heteroatoms. The predicted molar refractivity (Wildman–Crippen MR) is 215 cm³/mol. The van der Waals surface area contributed by atoms with Gasteiger partial charge in [0.25, 0.3) is 0 Å². The molecule has 11 rings (SSSR count). The molecule has 4 heterocycles. The van der Waals surface area contributed by atoms with Crippen LogP contribution in [-0.2, 0) is 0 Å². The monoisotopic (exact) mass is 668 g/mol. The zero-order chi connectivity index (χ0) is 33.5. The molecule has 0 aliphatic heterocycles. The summed E-state index contributed by atoms with van der Waals surface area (Å²) in [5.41, 5.74) is 11.7. The van der Waals surface area contributed by atoms with Crippen LogP contribution in [0.2, 0.25) is 0 Å². The van der Waals surface area contributed by atoms with Crippen molar-refractivity contribution in [1.29, 1.82) is 0 Å². The zero-order valence-corrected chi connectivity index (χ0v) is 28.2. The van der Waals surface area contributed by atoms with Crippen LogP contribution in [0.15, 0.2) is 174 Å². The number of aromatic nitrogens is 2. The van der Waals surface area contributed by atoms with Crippen molar-refractivity contribution in [3.63, 3.8) is 0 Å². The van der Waals surface area contributed by atoms with E-state index in [1.54, 1.807) is 0 Å². The molecule has 0 spiro atoms. The largest absolute Gasteiger partial charge is 0.455 e. The van der Waals surface area contributed by atoms with Crippen LogP contribution >= 0.6 is 11.3 Å². The summed E-state index contributed by atoms with van der Waals surface area (Å²) in [5.74, 6) is 0. The van der Waals surface area contributed by atoms with E-state index in [2.05, 4.69) is 168 Å². The minimum Gasteiger partial charge on any atom is -0.455 e. The highest BCUT2D eigenvalue weighted by Gasteiger charge is 2.25. The highest BCUT2D eigenvalue weighted by molar-refractivity contribution is 7.27. The van der Waals surface area contributed by atoms with Gasteiger partial charge in [-0.25, -0.2) is 4.98 Å². The third-order valence-corrected chi connectivity index (χ3v) is 11.4.